The molecule has 2 aromatic carbocycles. The monoisotopic (exact) mass is 309 g/mol. The van der Waals surface area contributed by atoms with Crippen molar-refractivity contribution in [3.63, 3.8) is 0 Å². The number of phenols is 1. The number of phenolic OH excluding ortho intramolecular Hbond substituents is 1. The predicted octanol–water partition coefficient (Wildman–Crippen LogP) is 4.08. The van der Waals surface area contributed by atoms with Crippen LogP contribution in [-0.4, -0.2) is 10.1 Å². The Morgan fingerprint density at radius 1 is 1.18 bits per heavy atom. The maximum atomic E-state index is 12.8. The first-order chi connectivity index (χ1) is 10.6. The number of rotatable bonds is 1. The molecule has 0 saturated heterocycles. The van der Waals surface area contributed by atoms with Crippen molar-refractivity contribution in [2.45, 2.75) is 6.92 Å². The summed E-state index contributed by atoms with van der Waals surface area (Å²) >= 11 is 1.47. The standard InChI is InChI=1S/C17H11NO3S/c1-9-15(17-18-12-4-2-3-5-14(12)22-17)16(20)11-7-6-10(19)8-13(11)21-9/h2-8,19H,1H3. The molecule has 0 spiro atoms. The van der Waals surface area contributed by atoms with Gasteiger partial charge >= 0.3 is 0 Å². The summed E-state index contributed by atoms with van der Waals surface area (Å²) in [4.78, 5) is 17.3. The smallest absolute Gasteiger partial charge is 0.203 e. The molecule has 0 saturated carbocycles. The molecule has 0 aliphatic rings. The molecule has 0 radical (unpaired) electrons. The fraction of sp³-hybridized carbons (Fsp3) is 0.0588. The van der Waals surface area contributed by atoms with Crippen LogP contribution in [0.4, 0.5) is 0 Å². The number of aromatic hydroxyl groups is 1. The Morgan fingerprint density at radius 3 is 2.82 bits per heavy atom. The second-order valence-corrected chi connectivity index (χ2v) is 6.06. The van der Waals surface area contributed by atoms with Gasteiger partial charge in [0.15, 0.2) is 0 Å². The van der Waals surface area contributed by atoms with Gasteiger partial charge in [-0.1, -0.05) is 12.1 Å². The van der Waals surface area contributed by atoms with Crippen LogP contribution in [0.1, 0.15) is 5.76 Å². The Kier molecular flexibility index (Phi) is 2.77. The van der Waals surface area contributed by atoms with Crippen LogP contribution >= 0.6 is 11.3 Å². The van der Waals surface area contributed by atoms with Crippen molar-refractivity contribution in [1.29, 1.82) is 0 Å². The average Bonchev–Trinajstić information content (AvgIpc) is 2.90. The fourth-order valence-corrected chi connectivity index (χ4v) is 3.58. The van der Waals surface area contributed by atoms with E-state index in [1.165, 1.54) is 23.5 Å². The third-order valence-corrected chi connectivity index (χ3v) is 4.61. The van der Waals surface area contributed by atoms with E-state index in [1.807, 2.05) is 24.3 Å². The van der Waals surface area contributed by atoms with Crippen molar-refractivity contribution in [1.82, 2.24) is 4.98 Å². The molecule has 4 nitrogen and oxygen atoms in total. The highest BCUT2D eigenvalue weighted by atomic mass is 32.1. The SMILES string of the molecule is Cc1oc2cc(O)ccc2c(=O)c1-c1nc2ccccc2s1. The molecular weight excluding hydrogens is 298 g/mol. The Balaban J connectivity index is 2.06. The van der Waals surface area contributed by atoms with E-state index in [-0.39, 0.29) is 11.2 Å². The summed E-state index contributed by atoms with van der Waals surface area (Å²) in [6.45, 7) is 1.74. The fourth-order valence-electron chi connectivity index (χ4n) is 2.52. The summed E-state index contributed by atoms with van der Waals surface area (Å²) in [7, 11) is 0. The Labute approximate surface area is 129 Å². The quantitative estimate of drug-likeness (QED) is 0.575. The zero-order valence-corrected chi connectivity index (χ0v) is 12.5. The molecule has 4 aromatic rings. The molecule has 5 heteroatoms. The van der Waals surface area contributed by atoms with Gasteiger partial charge in [-0.15, -0.1) is 11.3 Å². The minimum absolute atomic E-state index is 0.0720. The highest BCUT2D eigenvalue weighted by Gasteiger charge is 2.17. The van der Waals surface area contributed by atoms with E-state index in [1.54, 1.807) is 13.0 Å². The number of fused-ring (bicyclic) bond motifs is 2. The van der Waals surface area contributed by atoms with Crippen LogP contribution in [-0.2, 0) is 0 Å². The van der Waals surface area contributed by atoms with Crippen molar-refractivity contribution in [2.24, 2.45) is 0 Å². The number of hydrogen-bond acceptors (Lipinski definition) is 5. The summed E-state index contributed by atoms with van der Waals surface area (Å²) < 4.78 is 6.74. The van der Waals surface area contributed by atoms with Gasteiger partial charge in [0.2, 0.25) is 5.43 Å². The molecule has 1 N–H and O–H groups in total. The molecule has 0 unspecified atom stereocenters. The van der Waals surface area contributed by atoms with Crippen molar-refractivity contribution in [2.75, 3.05) is 0 Å². The maximum absolute atomic E-state index is 12.8. The number of thiazole rings is 1. The van der Waals surface area contributed by atoms with E-state index in [4.69, 9.17) is 4.42 Å². The molecule has 0 bridgehead atoms. The van der Waals surface area contributed by atoms with Gasteiger partial charge in [-0.2, -0.15) is 0 Å². The summed E-state index contributed by atoms with van der Waals surface area (Å²) in [6, 6.07) is 12.3. The molecule has 0 fully saturated rings. The highest BCUT2D eigenvalue weighted by molar-refractivity contribution is 7.21. The zero-order chi connectivity index (χ0) is 15.3. The van der Waals surface area contributed by atoms with E-state index in [0.29, 0.717) is 27.3 Å². The van der Waals surface area contributed by atoms with E-state index in [2.05, 4.69) is 4.98 Å². The molecule has 4 rings (SSSR count). The Bertz CT molecular complexity index is 1050. The Morgan fingerprint density at radius 2 is 2.00 bits per heavy atom. The number of hydrogen-bond donors (Lipinski definition) is 1. The zero-order valence-electron chi connectivity index (χ0n) is 11.7. The minimum Gasteiger partial charge on any atom is -0.508 e. The van der Waals surface area contributed by atoms with Gasteiger partial charge in [0.1, 0.15) is 22.1 Å². The van der Waals surface area contributed by atoms with Gasteiger partial charge in [-0.25, -0.2) is 4.98 Å². The van der Waals surface area contributed by atoms with Crippen molar-refractivity contribution in [3.8, 4) is 16.3 Å². The predicted molar refractivity (Wildman–Crippen MR) is 87.5 cm³/mol. The van der Waals surface area contributed by atoms with Crippen molar-refractivity contribution < 1.29 is 9.52 Å². The van der Waals surface area contributed by atoms with Crippen LogP contribution < -0.4 is 5.43 Å². The lowest BCUT2D eigenvalue weighted by Crippen LogP contribution is -2.07. The molecule has 0 aliphatic carbocycles. The molecule has 108 valence electrons. The highest BCUT2D eigenvalue weighted by Crippen LogP contribution is 2.31. The number of aryl methyl sites for hydroxylation is 1. The third-order valence-electron chi connectivity index (χ3n) is 3.56. The molecular formula is C17H11NO3S. The first-order valence-electron chi connectivity index (χ1n) is 6.76. The van der Waals surface area contributed by atoms with Gasteiger partial charge in [-0.05, 0) is 31.2 Å². The molecule has 22 heavy (non-hydrogen) atoms. The number of benzene rings is 2. The number of nitrogens with zero attached hydrogens (tertiary/aromatic N) is 1. The summed E-state index contributed by atoms with van der Waals surface area (Å²) in [6.07, 6.45) is 0. The molecule has 0 aliphatic heterocycles. The maximum Gasteiger partial charge on any atom is 0.203 e. The van der Waals surface area contributed by atoms with Crippen LogP contribution in [0.2, 0.25) is 0 Å². The largest absolute Gasteiger partial charge is 0.508 e. The van der Waals surface area contributed by atoms with Gasteiger partial charge < -0.3 is 9.52 Å². The average molecular weight is 309 g/mol. The van der Waals surface area contributed by atoms with E-state index in [0.717, 1.165) is 10.2 Å². The normalized spacial score (nSPS) is 11.3. The summed E-state index contributed by atoms with van der Waals surface area (Å²) in [5.41, 5.74) is 1.61. The van der Waals surface area contributed by atoms with E-state index >= 15 is 0 Å². The third kappa shape index (κ3) is 1.90. The van der Waals surface area contributed by atoms with Crippen LogP contribution in [0.15, 0.2) is 51.7 Å². The lowest BCUT2D eigenvalue weighted by molar-refractivity contribution is 0.473. The van der Waals surface area contributed by atoms with Gasteiger partial charge in [0.25, 0.3) is 0 Å². The topological polar surface area (TPSA) is 63.3 Å². The van der Waals surface area contributed by atoms with Crippen LogP contribution in [0.5, 0.6) is 5.75 Å². The van der Waals surface area contributed by atoms with E-state index < -0.39 is 0 Å². The van der Waals surface area contributed by atoms with Crippen molar-refractivity contribution >= 4 is 32.5 Å². The first-order valence-corrected chi connectivity index (χ1v) is 7.57. The van der Waals surface area contributed by atoms with E-state index in [9.17, 15) is 9.90 Å². The Hall–Kier alpha value is -2.66. The lowest BCUT2D eigenvalue weighted by Gasteiger charge is -2.04. The van der Waals surface area contributed by atoms with Crippen LogP contribution in [0.25, 0.3) is 31.8 Å². The lowest BCUT2D eigenvalue weighted by atomic mass is 10.1. The molecule has 2 heterocycles. The molecule has 2 aromatic heterocycles. The number of para-hydroxylation sites is 1. The van der Waals surface area contributed by atoms with Crippen LogP contribution in [0.3, 0.4) is 0 Å². The second-order valence-electron chi connectivity index (χ2n) is 5.03. The second kappa shape index (κ2) is 4.68. The molecule has 0 atom stereocenters. The van der Waals surface area contributed by atoms with Gasteiger partial charge in [0, 0.05) is 6.07 Å². The summed E-state index contributed by atoms with van der Waals surface area (Å²) in [5, 5.41) is 10.6. The van der Waals surface area contributed by atoms with Gasteiger partial charge in [0.05, 0.1) is 21.2 Å². The van der Waals surface area contributed by atoms with Gasteiger partial charge in [-0.3, -0.25) is 4.79 Å². The summed E-state index contributed by atoms with van der Waals surface area (Å²) in [5.74, 6) is 0.574. The first kappa shape index (κ1) is 13.0. The number of aromatic nitrogens is 1. The molecule has 0 amide bonds. The van der Waals surface area contributed by atoms with Crippen molar-refractivity contribution in [3.05, 3.63) is 58.4 Å². The minimum atomic E-state index is -0.127. The van der Waals surface area contributed by atoms with Crippen LogP contribution in [0, 0.1) is 6.92 Å².